The van der Waals surface area contributed by atoms with Gasteiger partial charge in [0.05, 0.1) is 0 Å². The number of rotatable bonds is 4. The highest BCUT2D eigenvalue weighted by atomic mass is 19.4. The number of aromatic carboxylic acids is 2. The molecule has 0 bridgehead atoms. The lowest BCUT2D eigenvalue weighted by atomic mass is 10.0. The maximum absolute atomic E-state index is 13.3. The molecule has 0 spiro atoms. The Morgan fingerprint density at radius 2 is 1.72 bits per heavy atom. The molecule has 0 radical (unpaired) electrons. The summed E-state index contributed by atoms with van der Waals surface area (Å²) in [7, 11) is 0. The topological polar surface area (TPSA) is 109 Å². The second-order valence-electron chi connectivity index (χ2n) is 4.87. The molecule has 2 N–H and O–H groups in total. The van der Waals surface area contributed by atoms with Gasteiger partial charge < -0.3 is 14.8 Å². The first kappa shape index (κ1) is 18.1. The molecule has 0 saturated carbocycles. The molecule has 2 aromatic heterocycles. The van der Waals surface area contributed by atoms with Crippen molar-refractivity contribution in [3.8, 4) is 11.1 Å². The van der Waals surface area contributed by atoms with E-state index < -0.39 is 52.7 Å². The van der Waals surface area contributed by atoms with Crippen LogP contribution in [0.3, 0.4) is 0 Å². The van der Waals surface area contributed by atoms with Crippen molar-refractivity contribution in [2.45, 2.75) is 12.7 Å². The van der Waals surface area contributed by atoms with Crippen molar-refractivity contribution in [2.24, 2.45) is 0 Å². The summed E-state index contributed by atoms with van der Waals surface area (Å²) in [4.78, 5) is 37.3. The number of hydrogen-bond donors (Lipinski definition) is 2. The van der Waals surface area contributed by atoms with Crippen LogP contribution in [-0.4, -0.2) is 37.9 Å². The predicted octanol–water partition coefficient (Wildman–Crippen LogP) is 2.01. The summed E-state index contributed by atoms with van der Waals surface area (Å²) in [5, 5.41) is 17.8. The lowest BCUT2D eigenvalue weighted by Gasteiger charge is -2.13. The minimum Gasteiger partial charge on any atom is -0.478 e. The first-order valence-corrected chi connectivity index (χ1v) is 6.43. The summed E-state index contributed by atoms with van der Waals surface area (Å²) in [6.07, 6.45) is -2.77. The van der Waals surface area contributed by atoms with Crippen LogP contribution in [0.2, 0.25) is 0 Å². The third-order valence-corrected chi connectivity index (χ3v) is 3.05. The lowest BCUT2D eigenvalue weighted by Crippen LogP contribution is -2.24. The van der Waals surface area contributed by atoms with Crippen molar-refractivity contribution in [3.63, 3.8) is 0 Å². The van der Waals surface area contributed by atoms with E-state index >= 15 is 0 Å². The first-order valence-electron chi connectivity index (χ1n) is 6.43. The lowest BCUT2D eigenvalue weighted by molar-refractivity contribution is -0.140. The zero-order valence-corrected chi connectivity index (χ0v) is 12.0. The summed E-state index contributed by atoms with van der Waals surface area (Å²) in [5.74, 6) is -4.84. The van der Waals surface area contributed by atoms with Crippen LogP contribution in [0.25, 0.3) is 11.1 Å². The predicted molar refractivity (Wildman–Crippen MR) is 73.9 cm³/mol. The van der Waals surface area contributed by atoms with Gasteiger partial charge in [-0.3, -0.25) is 4.79 Å². The number of carboxylic acid groups (broad SMARTS) is 2. The minimum absolute atomic E-state index is 0.331. The molecule has 0 aliphatic carbocycles. The molecule has 2 rings (SSSR count). The average Bonchev–Trinajstić information content (AvgIpc) is 2.47. The molecule has 0 unspecified atom stereocenters. The van der Waals surface area contributed by atoms with Crippen LogP contribution in [0.5, 0.6) is 0 Å². The zero-order valence-electron chi connectivity index (χ0n) is 12.0. The first-order chi connectivity index (χ1) is 11.5. The molecule has 7 nitrogen and oxygen atoms in total. The third-order valence-electron chi connectivity index (χ3n) is 3.05. The fourth-order valence-corrected chi connectivity index (χ4v) is 2.03. The van der Waals surface area contributed by atoms with Gasteiger partial charge in [0, 0.05) is 29.7 Å². The summed E-state index contributed by atoms with van der Waals surface area (Å²) >= 11 is 0. The number of hydrogen-bond acceptors (Lipinski definition) is 4. The average molecular weight is 360 g/mol. The number of halogens is 4. The molecule has 25 heavy (non-hydrogen) atoms. The number of nitrogens with zero attached hydrogens (tertiary/aromatic N) is 2. The molecule has 132 valence electrons. The SMILES string of the molecule is O=C(O)c1cc(-c2cn(CC(F)(F)F)cc(C(=O)O)c2=O)cnc1F. The van der Waals surface area contributed by atoms with Crippen LogP contribution in [-0.2, 0) is 6.54 Å². The van der Waals surface area contributed by atoms with Crippen molar-refractivity contribution in [3.05, 3.63) is 52.0 Å². The molecule has 0 aromatic carbocycles. The van der Waals surface area contributed by atoms with E-state index in [9.17, 15) is 31.9 Å². The van der Waals surface area contributed by atoms with Crippen molar-refractivity contribution < 1.29 is 37.4 Å². The molecular formula is C14H8F4N2O5. The van der Waals surface area contributed by atoms with Gasteiger partial charge in [-0.05, 0) is 6.07 Å². The third kappa shape index (κ3) is 4.00. The summed E-state index contributed by atoms with van der Waals surface area (Å²) in [6.45, 7) is -1.58. The summed E-state index contributed by atoms with van der Waals surface area (Å²) in [6, 6.07) is 0.685. The second-order valence-corrected chi connectivity index (χ2v) is 4.87. The Balaban J connectivity index is 2.72. The molecule has 0 saturated heterocycles. The molecule has 0 aliphatic rings. The van der Waals surface area contributed by atoms with Gasteiger partial charge in [-0.1, -0.05) is 0 Å². The van der Waals surface area contributed by atoms with Gasteiger partial charge in [-0.25, -0.2) is 14.6 Å². The molecule has 2 aromatic rings. The number of pyridine rings is 2. The molecule has 11 heteroatoms. The summed E-state index contributed by atoms with van der Waals surface area (Å²) < 4.78 is 51.4. The molecule has 0 atom stereocenters. The Kier molecular flexibility index (Phi) is 4.59. The number of alkyl halides is 3. The summed E-state index contributed by atoms with van der Waals surface area (Å²) in [5.41, 5.74) is -3.92. The van der Waals surface area contributed by atoms with E-state index in [1.165, 1.54) is 0 Å². The van der Waals surface area contributed by atoms with Crippen LogP contribution in [0.15, 0.2) is 29.5 Å². The van der Waals surface area contributed by atoms with Gasteiger partial charge in [-0.2, -0.15) is 17.6 Å². The van der Waals surface area contributed by atoms with E-state index in [0.717, 1.165) is 6.20 Å². The van der Waals surface area contributed by atoms with Crippen LogP contribution in [0.4, 0.5) is 17.6 Å². The smallest absolute Gasteiger partial charge is 0.406 e. The second kappa shape index (κ2) is 6.34. The van der Waals surface area contributed by atoms with Crippen molar-refractivity contribution in [1.82, 2.24) is 9.55 Å². The van der Waals surface area contributed by atoms with E-state index in [0.29, 0.717) is 23.0 Å². The van der Waals surface area contributed by atoms with Crippen molar-refractivity contribution in [1.29, 1.82) is 0 Å². The Hall–Kier alpha value is -3.24. The maximum atomic E-state index is 13.3. The van der Waals surface area contributed by atoms with Crippen LogP contribution in [0, 0.1) is 5.95 Å². The van der Waals surface area contributed by atoms with Gasteiger partial charge in [0.15, 0.2) is 0 Å². The van der Waals surface area contributed by atoms with E-state index in [-0.39, 0.29) is 5.56 Å². The van der Waals surface area contributed by atoms with E-state index in [1.807, 2.05) is 0 Å². The Morgan fingerprint density at radius 3 is 2.24 bits per heavy atom. The highest BCUT2D eigenvalue weighted by molar-refractivity contribution is 5.91. The van der Waals surface area contributed by atoms with Gasteiger partial charge >= 0.3 is 18.1 Å². The monoisotopic (exact) mass is 360 g/mol. The fourth-order valence-electron chi connectivity index (χ4n) is 2.03. The van der Waals surface area contributed by atoms with Gasteiger partial charge in [0.25, 0.3) is 0 Å². The van der Waals surface area contributed by atoms with Gasteiger partial charge in [0.1, 0.15) is 17.7 Å². The number of carboxylic acids is 2. The maximum Gasteiger partial charge on any atom is 0.406 e. The molecule has 0 amide bonds. The van der Waals surface area contributed by atoms with Gasteiger partial charge in [0.2, 0.25) is 11.4 Å². The van der Waals surface area contributed by atoms with Crippen molar-refractivity contribution in [2.75, 3.05) is 0 Å². The highest BCUT2D eigenvalue weighted by Crippen LogP contribution is 2.21. The Bertz CT molecular complexity index is 920. The number of aromatic nitrogens is 2. The zero-order chi connectivity index (χ0) is 18.9. The van der Waals surface area contributed by atoms with Crippen LogP contribution < -0.4 is 5.43 Å². The minimum atomic E-state index is -4.70. The standard InChI is InChI=1S/C14H8F4N2O5/c15-11-7(12(22)23)1-6(2-19-11)8-3-20(5-14(16,17)18)4-9(10(8)21)13(24)25/h1-4H,5H2,(H,22,23)(H,24,25). The van der Waals surface area contributed by atoms with Crippen LogP contribution >= 0.6 is 0 Å². The van der Waals surface area contributed by atoms with E-state index in [4.69, 9.17) is 10.2 Å². The van der Waals surface area contributed by atoms with E-state index in [2.05, 4.69) is 4.98 Å². The molecule has 2 heterocycles. The Labute approximate surface area is 135 Å². The Morgan fingerprint density at radius 1 is 1.12 bits per heavy atom. The molecular weight excluding hydrogens is 352 g/mol. The van der Waals surface area contributed by atoms with E-state index in [1.54, 1.807) is 0 Å². The highest BCUT2D eigenvalue weighted by Gasteiger charge is 2.29. The normalized spacial score (nSPS) is 11.4. The number of carbonyl (C=O) groups is 2. The van der Waals surface area contributed by atoms with Gasteiger partial charge in [-0.15, -0.1) is 0 Å². The largest absolute Gasteiger partial charge is 0.478 e. The van der Waals surface area contributed by atoms with Crippen LogP contribution in [0.1, 0.15) is 20.7 Å². The van der Waals surface area contributed by atoms with Crippen molar-refractivity contribution >= 4 is 11.9 Å². The molecule has 0 aliphatic heterocycles. The molecule has 0 fully saturated rings. The quantitative estimate of drug-likeness (QED) is 0.638. The fraction of sp³-hybridized carbons (Fsp3) is 0.143.